The first-order valence-electron chi connectivity index (χ1n) is 5.50. The van der Waals surface area contributed by atoms with E-state index < -0.39 is 24.6 Å². The molecule has 0 saturated carbocycles. The molecule has 0 bridgehead atoms. The quantitative estimate of drug-likeness (QED) is 0.661. The molecule has 0 radical (unpaired) electrons. The highest BCUT2D eigenvalue weighted by Gasteiger charge is 2.43. The lowest BCUT2D eigenvalue weighted by atomic mass is 10.1. The summed E-state index contributed by atoms with van der Waals surface area (Å²) in [6.45, 7) is -0.373. The highest BCUT2D eigenvalue weighted by Crippen LogP contribution is 2.24. The molecule has 2 rings (SSSR count). The van der Waals surface area contributed by atoms with E-state index in [4.69, 9.17) is 26.8 Å². The summed E-state index contributed by atoms with van der Waals surface area (Å²) in [7, 11) is 0. The zero-order valence-corrected chi connectivity index (χ0v) is 10.3. The van der Waals surface area contributed by atoms with Gasteiger partial charge in [0.1, 0.15) is 24.1 Å². The molecule has 4 atom stereocenters. The molecule has 1 aliphatic rings. The van der Waals surface area contributed by atoms with Crippen LogP contribution in [0.15, 0.2) is 24.3 Å². The van der Waals surface area contributed by atoms with Gasteiger partial charge in [0.15, 0.2) is 0 Å². The number of ether oxygens (including phenoxy) is 2. The normalized spacial score (nSPS) is 31.3. The van der Waals surface area contributed by atoms with Gasteiger partial charge in [-0.1, -0.05) is 24.4 Å². The van der Waals surface area contributed by atoms with Gasteiger partial charge in [-0.15, -0.1) is 0 Å². The van der Waals surface area contributed by atoms with Gasteiger partial charge >= 0.3 is 0 Å². The average Bonchev–Trinajstić information content (AvgIpc) is 2.67. The van der Waals surface area contributed by atoms with Crippen molar-refractivity contribution in [3.63, 3.8) is 0 Å². The predicted molar refractivity (Wildman–Crippen MR) is 67.6 cm³/mol. The van der Waals surface area contributed by atoms with Gasteiger partial charge in [0, 0.05) is 5.37 Å². The van der Waals surface area contributed by atoms with E-state index in [1.165, 1.54) is 5.37 Å². The van der Waals surface area contributed by atoms with Crippen molar-refractivity contribution in [3.8, 4) is 5.75 Å². The van der Waals surface area contributed by atoms with Crippen molar-refractivity contribution in [1.82, 2.24) is 0 Å². The predicted octanol–water partition coefficient (Wildman–Crippen LogP) is -0.148. The Bertz CT molecular complexity index is 407. The maximum Gasteiger partial charge on any atom is 0.229 e. The van der Waals surface area contributed by atoms with Crippen LogP contribution in [0.5, 0.6) is 5.75 Å². The maximum absolute atomic E-state index is 9.69. The van der Waals surface area contributed by atoms with Gasteiger partial charge < -0.3 is 24.8 Å². The van der Waals surface area contributed by atoms with Crippen molar-refractivity contribution in [2.75, 3.05) is 6.61 Å². The van der Waals surface area contributed by atoms with E-state index in [0.717, 1.165) is 5.56 Å². The highest BCUT2D eigenvalue weighted by molar-refractivity contribution is 7.79. The Labute approximate surface area is 110 Å². The molecule has 5 nitrogen and oxygen atoms in total. The van der Waals surface area contributed by atoms with E-state index in [0.29, 0.717) is 5.75 Å². The molecule has 0 aromatic heterocycles. The standard InChI is InChI=1S/C12H14O5S/c13-5-9-10(14)11(15)12(17-9)16-8-3-1-7(6-18)2-4-8/h1-4,6,9-15H,5H2. The van der Waals surface area contributed by atoms with E-state index >= 15 is 0 Å². The number of hydrogen-bond donors (Lipinski definition) is 3. The Morgan fingerprint density at radius 3 is 2.39 bits per heavy atom. The number of thiocarbonyl (C=S) groups is 1. The summed E-state index contributed by atoms with van der Waals surface area (Å²) in [6, 6.07) is 6.91. The van der Waals surface area contributed by atoms with Crippen LogP contribution in [0, 0.1) is 0 Å². The second-order valence-corrected chi connectivity index (χ2v) is 4.25. The smallest absolute Gasteiger partial charge is 0.229 e. The third-order valence-corrected chi connectivity index (χ3v) is 3.04. The van der Waals surface area contributed by atoms with Crippen LogP contribution in [-0.2, 0) is 4.74 Å². The number of aliphatic hydroxyl groups excluding tert-OH is 3. The van der Waals surface area contributed by atoms with Crippen LogP contribution >= 0.6 is 12.2 Å². The average molecular weight is 270 g/mol. The Hall–Kier alpha value is -1.05. The van der Waals surface area contributed by atoms with Crippen molar-refractivity contribution >= 4 is 17.6 Å². The molecule has 98 valence electrons. The number of hydrogen-bond acceptors (Lipinski definition) is 6. The lowest BCUT2D eigenvalue weighted by Gasteiger charge is -2.16. The molecule has 1 aliphatic heterocycles. The number of benzene rings is 1. The Balaban J connectivity index is 2.02. The number of rotatable bonds is 4. The molecule has 0 amide bonds. The highest BCUT2D eigenvalue weighted by atomic mass is 32.1. The molecule has 3 N–H and O–H groups in total. The first-order valence-corrected chi connectivity index (χ1v) is 5.97. The van der Waals surface area contributed by atoms with E-state index in [1.807, 2.05) is 0 Å². The summed E-state index contributed by atoms with van der Waals surface area (Å²) in [6.07, 6.45) is -4.16. The van der Waals surface area contributed by atoms with Gasteiger partial charge in [0.05, 0.1) is 6.61 Å². The van der Waals surface area contributed by atoms with Gasteiger partial charge in [-0.3, -0.25) is 0 Å². The van der Waals surface area contributed by atoms with Gasteiger partial charge in [-0.25, -0.2) is 0 Å². The minimum absolute atomic E-state index is 0.373. The molecule has 6 heteroatoms. The Kier molecular flexibility index (Phi) is 4.26. The van der Waals surface area contributed by atoms with E-state index in [-0.39, 0.29) is 6.61 Å². The Morgan fingerprint density at radius 2 is 1.89 bits per heavy atom. The lowest BCUT2D eigenvalue weighted by molar-refractivity contribution is -0.116. The third-order valence-electron chi connectivity index (χ3n) is 2.77. The zero-order chi connectivity index (χ0) is 13.1. The van der Waals surface area contributed by atoms with Crippen LogP contribution in [0.3, 0.4) is 0 Å². The van der Waals surface area contributed by atoms with Crippen molar-refractivity contribution in [1.29, 1.82) is 0 Å². The molecule has 1 saturated heterocycles. The maximum atomic E-state index is 9.69. The summed E-state index contributed by atoms with van der Waals surface area (Å²) in [5, 5.41) is 29.7. The van der Waals surface area contributed by atoms with Gasteiger partial charge in [0.25, 0.3) is 0 Å². The summed E-state index contributed by atoms with van der Waals surface area (Å²) in [4.78, 5) is 0. The molecule has 1 fully saturated rings. The Morgan fingerprint density at radius 1 is 1.22 bits per heavy atom. The molecule has 1 heterocycles. The van der Waals surface area contributed by atoms with Crippen LogP contribution < -0.4 is 4.74 Å². The van der Waals surface area contributed by atoms with Crippen molar-refractivity contribution < 1.29 is 24.8 Å². The zero-order valence-electron chi connectivity index (χ0n) is 9.47. The molecule has 0 spiro atoms. The topological polar surface area (TPSA) is 79.2 Å². The van der Waals surface area contributed by atoms with Gasteiger partial charge in [-0.2, -0.15) is 0 Å². The fraction of sp³-hybridized carbons (Fsp3) is 0.417. The third kappa shape index (κ3) is 2.68. The van der Waals surface area contributed by atoms with Crippen molar-refractivity contribution in [2.24, 2.45) is 0 Å². The monoisotopic (exact) mass is 270 g/mol. The van der Waals surface area contributed by atoms with Crippen LogP contribution in [0.1, 0.15) is 5.56 Å². The van der Waals surface area contributed by atoms with Gasteiger partial charge in [-0.05, 0) is 17.7 Å². The van der Waals surface area contributed by atoms with E-state index in [1.54, 1.807) is 24.3 Å². The summed E-state index contributed by atoms with van der Waals surface area (Å²) in [5.74, 6) is 0.491. The fourth-order valence-corrected chi connectivity index (χ4v) is 1.88. The van der Waals surface area contributed by atoms with Crippen molar-refractivity contribution in [3.05, 3.63) is 29.8 Å². The summed E-state index contributed by atoms with van der Waals surface area (Å²) < 4.78 is 10.6. The molecule has 4 unspecified atom stereocenters. The summed E-state index contributed by atoms with van der Waals surface area (Å²) in [5.41, 5.74) is 0.874. The molecule has 1 aromatic rings. The van der Waals surface area contributed by atoms with E-state index in [2.05, 4.69) is 0 Å². The van der Waals surface area contributed by atoms with Crippen LogP contribution in [0.2, 0.25) is 0 Å². The lowest BCUT2D eigenvalue weighted by Crippen LogP contribution is -2.35. The molecule has 18 heavy (non-hydrogen) atoms. The summed E-state index contributed by atoms with van der Waals surface area (Å²) >= 11 is 4.78. The first kappa shape index (κ1) is 13.4. The van der Waals surface area contributed by atoms with Crippen LogP contribution in [-0.4, -0.2) is 51.9 Å². The molecule has 1 aromatic carbocycles. The first-order chi connectivity index (χ1) is 8.65. The second kappa shape index (κ2) is 5.73. The van der Waals surface area contributed by atoms with Gasteiger partial charge in [0.2, 0.25) is 6.29 Å². The van der Waals surface area contributed by atoms with Crippen LogP contribution in [0.4, 0.5) is 0 Å². The minimum Gasteiger partial charge on any atom is -0.462 e. The largest absolute Gasteiger partial charge is 0.462 e. The molecule has 0 aliphatic carbocycles. The van der Waals surface area contributed by atoms with Crippen LogP contribution in [0.25, 0.3) is 0 Å². The fourth-order valence-electron chi connectivity index (χ4n) is 1.72. The minimum atomic E-state index is -1.19. The van der Waals surface area contributed by atoms with Crippen molar-refractivity contribution in [2.45, 2.75) is 24.6 Å². The SMILES string of the molecule is OCC1OC(Oc2ccc(C=S)cc2)C(O)C1O. The molecular formula is C12H14O5S. The number of aliphatic hydroxyl groups is 3. The molecular weight excluding hydrogens is 256 g/mol. The van der Waals surface area contributed by atoms with E-state index in [9.17, 15) is 10.2 Å². The second-order valence-electron chi connectivity index (χ2n) is 4.01.